The van der Waals surface area contributed by atoms with Crippen molar-refractivity contribution >= 4 is 35.2 Å². The van der Waals surface area contributed by atoms with Crippen LogP contribution in [0, 0.1) is 0 Å². The van der Waals surface area contributed by atoms with Crippen LogP contribution >= 0.6 is 15.9 Å². The van der Waals surface area contributed by atoms with Gasteiger partial charge in [0.05, 0.1) is 11.7 Å². The van der Waals surface area contributed by atoms with Crippen LogP contribution in [0.25, 0.3) is 10.9 Å². The highest BCUT2D eigenvalue weighted by Crippen LogP contribution is 2.47. The molecule has 2 aliphatic rings. The summed E-state index contributed by atoms with van der Waals surface area (Å²) in [6.45, 7) is 9.45. The molecular weight excluding hydrogens is 444 g/mol. The summed E-state index contributed by atoms with van der Waals surface area (Å²) in [5.41, 5.74) is 4.18. The van der Waals surface area contributed by atoms with Crippen molar-refractivity contribution in [1.29, 1.82) is 0 Å². The van der Waals surface area contributed by atoms with E-state index in [1.54, 1.807) is 0 Å². The Morgan fingerprint density at radius 1 is 1.31 bits per heavy atom. The summed E-state index contributed by atoms with van der Waals surface area (Å²) >= 11 is 3.95. The molecule has 2 unspecified atom stereocenters. The van der Waals surface area contributed by atoms with E-state index in [1.807, 2.05) is 6.20 Å². The van der Waals surface area contributed by atoms with Gasteiger partial charge >= 0.3 is 0 Å². The molecule has 1 aliphatic heterocycles. The second kappa shape index (κ2) is 8.10. The predicted octanol–water partition coefficient (Wildman–Crippen LogP) is 6.68. The summed E-state index contributed by atoms with van der Waals surface area (Å²) in [6.07, 6.45) is 11.4. The van der Waals surface area contributed by atoms with Crippen LogP contribution in [0.3, 0.4) is 0 Å². The van der Waals surface area contributed by atoms with E-state index in [0.29, 0.717) is 5.92 Å². The average molecular weight is 480 g/mol. The maximum Gasteiger partial charge on any atom is 0.188 e. The lowest BCUT2D eigenvalue weighted by atomic mass is 9.92. The van der Waals surface area contributed by atoms with E-state index in [0.717, 1.165) is 32.3 Å². The first-order chi connectivity index (χ1) is 13.7. The largest absolute Gasteiger partial charge is 0.432 e. The lowest BCUT2D eigenvalue weighted by molar-refractivity contribution is -0.0366. The van der Waals surface area contributed by atoms with E-state index in [-0.39, 0.29) is 11.3 Å². The van der Waals surface area contributed by atoms with Crippen molar-refractivity contribution in [1.82, 2.24) is 9.78 Å². The zero-order chi connectivity index (χ0) is 20.8. The van der Waals surface area contributed by atoms with Gasteiger partial charge in [0, 0.05) is 16.5 Å². The Bertz CT molecular complexity index is 881. The van der Waals surface area contributed by atoms with Crippen LogP contribution in [0.15, 0.2) is 16.7 Å². The lowest BCUT2D eigenvalue weighted by Gasteiger charge is -2.35. The Kier molecular flexibility index (Phi) is 6.01. The van der Waals surface area contributed by atoms with Gasteiger partial charge in [0.2, 0.25) is 0 Å². The van der Waals surface area contributed by atoms with Gasteiger partial charge in [-0.25, -0.2) is 4.68 Å². The van der Waals surface area contributed by atoms with Gasteiger partial charge < -0.3 is 9.53 Å². The van der Waals surface area contributed by atoms with Gasteiger partial charge in [-0.15, -0.1) is 0 Å². The molecule has 0 spiro atoms. The van der Waals surface area contributed by atoms with Crippen molar-refractivity contribution in [2.45, 2.75) is 95.5 Å². The minimum absolute atomic E-state index is 0.0662. The Balaban J connectivity index is 1.54. The van der Waals surface area contributed by atoms with Crippen LogP contribution in [-0.4, -0.2) is 29.5 Å². The summed E-state index contributed by atoms with van der Waals surface area (Å²) in [5, 5.41) is 5.99. The number of hydrogen-bond acceptors (Lipinski definition) is 3. The second-order valence-corrected chi connectivity index (χ2v) is 15.4. The van der Waals surface area contributed by atoms with Crippen molar-refractivity contribution < 1.29 is 9.53 Å². The Morgan fingerprint density at radius 2 is 2.10 bits per heavy atom. The molecule has 1 fully saturated rings. The summed E-state index contributed by atoms with van der Waals surface area (Å²) in [4.78, 5) is 10.6. The summed E-state index contributed by atoms with van der Waals surface area (Å²) in [7, 11) is -2.13. The Hall–Kier alpha value is -0.693. The number of aromatic nitrogens is 2. The standard InChI is InChI=1S/C23H35BrN2O2Si/c1-23(2,29(3,4)27)12-7-8-16-10-11-17-14-19-18(22(24)21(16)17)15-25-26(19)20-9-5-6-13-28-20/h14-16,20,27H,5-13H2,1-4H3. The maximum absolute atomic E-state index is 10.6. The summed E-state index contributed by atoms with van der Waals surface area (Å²) in [6, 6.07) is 2.37. The zero-order valence-electron chi connectivity index (χ0n) is 18.3. The molecule has 1 aromatic carbocycles. The number of hydrogen-bond donors (Lipinski definition) is 1. The van der Waals surface area contributed by atoms with Crippen LogP contribution in [0.2, 0.25) is 18.1 Å². The maximum atomic E-state index is 10.6. The highest BCUT2D eigenvalue weighted by atomic mass is 79.9. The van der Waals surface area contributed by atoms with Crippen molar-refractivity contribution in [3.63, 3.8) is 0 Å². The number of benzene rings is 1. The molecule has 1 saturated heterocycles. The molecule has 160 valence electrons. The third-order valence-corrected chi connectivity index (χ3v) is 12.0. The minimum Gasteiger partial charge on any atom is -0.432 e. The normalized spacial score (nSPS) is 23.0. The van der Waals surface area contributed by atoms with Gasteiger partial charge in [0.1, 0.15) is 0 Å². The topological polar surface area (TPSA) is 47.3 Å². The average Bonchev–Trinajstić information content (AvgIpc) is 3.26. The monoisotopic (exact) mass is 478 g/mol. The highest BCUT2D eigenvalue weighted by Gasteiger charge is 2.38. The van der Waals surface area contributed by atoms with E-state index < -0.39 is 8.32 Å². The van der Waals surface area contributed by atoms with Gasteiger partial charge in [-0.2, -0.15) is 5.10 Å². The second-order valence-electron chi connectivity index (χ2n) is 10.2. The van der Waals surface area contributed by atoms with E-state index in [4.69, 9.17) is 9.84 Å². The number of halogens is 1. The molecule has 2 atom stereocenters. The molecule has 6 heteroatoms. The molecule has 4 rings (SSSR count). The lowest BCUT2D eigenvalue weighted by Crippen LogP contribution is -2.38. The molecule has 0 bridgehead atoms. The Labute approximate surface area is 184 Å². The number of nitrogens with zero attached hydrogens (tertiary/aromatic N) is 2. The van der Waals surface area contributed by atoms with Crippen LogP contribution in [0.4, 0.5) is 0 Å². The molecule has 1 N–H and O–H groups in total. The fourth-order valence-electron chi connectivity index (χ4n) is 4.87. The zero-order valence-corrected chi connectivity index (χ0v) is 20.9. The predicted molar refractivity (Wildman–Crippen MR) is 125 cm³/mol. The van der Waals surface area contributed by atoms with Gasteiger partial charge in [-0.05, 0) is 102 Å². The van der Waals surface area contributed by atoms with Crippen LogP contribution in [0.1, 0.15) is 82.1 Å². The third kappa shape index (κ3) is 4.10. The first-order valence-electron chi connectivity index (χ1n) is 11.2. The molecule has 2 heterocycles. The summed E-state index contributed by atoms with van der Waals surface area (Å²) in [5.74, 6) is 0.609. The number of aryl methyl sites for hydroxylation is 1. The number of ether oxygens (including phenoxy) is 1. The van der Waals surface area contributed by atoms with Gasteiger partial charge in [0.15, 0.2) is 14.5 Å². The fraction of sp³-hybridized carbons (Fsp3) is 0.696. The number of rotatable bonds is 6. The van der Waals surface area contributed by atoms with Crippen molar-refractivity contribution in [2.24, 2.45) is 0 Å². The van der Waals surface area contributed by atoms with Crippen molar-refractivity contribution in [3.05, 3.63) is 27.9 Å². The molecule has 29 heavy (non-hydrogen) atoms. The molecular formula is C23H35BrN2O2Si. The molecule has 1 aliphatic carbocycles. The molecule has 0 amide bonds. The minimum atomic E-state index is -2.13. The number of fused-ring (bicyclic) bond motifs is 2. The van der Waals surface area contributed by atoms with Crippen LogP contribution in [-0.2, 0) is 11.2 Å². The van der Waals surface area contributed by atoms with Crippen molar-refractivity contribution in [2.75, 3.05) is 6.61 Å². The molecule has 0 radical (unpaired) electrons. The Morgan fingerprint density at radius 3 is 2.79 bits per heavy atom. The quantitative estimate of drug-likeness (QED) is 0.471. The van der Waals surface area contributed by atoms with E-state index in [9.17, 15) is 4.80 Å². The van der Waals surface area contributed by atoms with E-state index >= 15 is 0 Å². The van der Waals surface area contributed by atoms with Gasteiger partial charge in [-0.1, -0.05) is 20.3 Å². The fourth-order valence-corrected chi connectivity index (χ4v) is 6.54. The van der Waals surface area contributed by atoms with Crippen LogP contribution < -0.4 is 0 Å². The van der Waals surface area contributed by atoms with Gasteiger partial charge in [-0.3, -0.25) is 0 Å². The first-order valence-corrected chi connectivity index (χ1v) is 15.0. The van der Waals surface area contributed by atoms with Crippen LogP contribution in [0.5, 0.6) is 0 Å². The van der Waals surface area contributed by atoms with Crippen molar-refractivity contribution in [3.8, 4) is 0 Å². The van der Waals surface area contributed by atoms with E-state index in [2.05, 4.69) is 53.6 Å². The van der Waals surface area contributed by atoms with E-state index in [1.165, 1.54) is 52.2 Å². The van der Waals surface area contributed by atoms with Gasteiger partial charge in [0.25, 0.3) is 0 Å². The third-order valence-electron chi connectivity index (χ3n) is 7.57. The first kappa shape index (κ1) is 21.5. The molecule has 1 aromatic heterocycles. The SMILES string of the molecule is CC(C)(CCCC1CCc2cc3c(cnn3C3CCCCO3)c(Br)c21)[Si](C)(C)O. The molecule has 0 saturated carbocycles. The molecule has 2 aromatic rings. The highest BCUT2D eigenvalue weighted by molar-refractivity contribution is 9.10. The smallest absolute Gasteiger partial charge is 0.188 e. The molecule has 4 nitrogen and oxygen atoms in total. The summed E-state index contributed by atoms with van der Waals surface area (Å²) < 4.78 is 9.33.